The highest BCUT2D eigenvalue weighted by molar-refractivity contribution is 7.91. The van der Waals surface area contributed by atoms with Crippen LogP contribution in [0, 0.1) is 5.82 Å². The molecule has 2 aromatic rings. The van der Waals surface area contributed by atoms with E-state index in [1.807, 2.05) is 6.07 Å². The summed E-state index contributed by atoms with van der Waals surface area (Å²) in [5.74, 6) is -0.295. The van der Waals surface area contributed by atoms with Crippen molar-refractivity contribution in [2.45, 2.75) is 16.7 Å². The normalized spacial score (nSPS) is 20.1. The Bertz CT molecular complexity index is 731. The van der Waals surface area contributed by atoms with Crippen LogP contribution in [0.2, 0.25) is 0 Å². The first kappa shape index (κ1) is 15.6. The van der Waals surface area contributed by atoms with Crippen molar-refractivity contribution in [3.63, 3.8) is 0 Å². The molecule has 0 unspecified atom stereocenters. The molecule has 0 radical (unpaired) electrons. The van der Waals surface area contributed by atoms with Gasteiger partial charge in [-0.15, -0.1) is 11.3 Å². The van der Waals surface area contributed by atoms with E-state index in [1.54, 1.807) is 23.6 Å². The molecule has 1 fully saturated rings. The van der Waals surface area contributed by atoms with E-state index in [9.17, 15) is 12.8 Å². The highest BCUT2D eigenvalue weighted by Gasteiger charge is 2.31. The lowest BCUT2D eigenvalue weighted by Crippen LogP contribution is -2.46. The molecule has 3 rings (SSSR count). The Kier molecular flexibility index (Phi) is 4.58. The van der Waals surface area contributed by atoms with Crippen molar-refractivity contribution in [2.75, 3.05) is 19.7 Å². The summed E-state index contributed by atoms with van der Waals surface area (Å²) in [7, 11) is -3.45. The summed E-state index contributed by atoms with van der Waals surface area (Å²) >= 11 is 1.21. The van der Waals surface area contributed by atoms with Gasteiger partial charge in [0.1, 0.15) is 10.0 Å². The third-order valence-electron chi connectivity index (χ3n) is 3.54. The van der Waals surface area contributed by atoms with Crippen LogP contribution in [0.15, 0.2) is 46.0 Å². The molecule has 1 aromatic heterocycles. The molecule has 0 amide bonds. The largest absolute Gasteiger partial charge is 0.375 e. The molecule has 118 valence electrons. The highest BCUT2D eigenvalue weighted by atomic mass is 32.2. The average molecular weight is 341 g/mol. The molecule has 1 aliphatic rings. The van der Waals surface area contributed by atoms with Gasteiger partial charge in [0.15, 0.2) is 0 Å². The molecule has 0 aliphatic carbocycles. The van der Waals surface area contributed by atoms with Gasteiger partial charge in [0.05, 0.1) is 12.7 Å². The van der Waals surface area contributed by atoms with E-state index in [-0.39, 0.29) is 18.5 Å². The summed E-state index contributed by atoms with van der Waals surface area (Å²) in [5, 5.41) is 1.75. The van der Waals surface area contributed by atoms with Crippen molar-refractivity contribution >= 4 is 21.4 Å². The van der Waals surface area contributed by atoms with Crippen LogP contribution in [0.4, 0.5) is 4.39 Å². The molecule has 1 aromatic carbocycles. The van der Waals surface area contributed by atoms with Gasteiger partial charge in [-0.1, -0.05) is 18.2 Å². The summed E-state index contributed by atoms with van der Waals surface area (Å²) in [6, 6.07) is 9.64. The van der Waals surface area contributed by atoms with E-state index in [0.29, 0.717) is 23.8 Å². The summed E-state index contributed by atoms with van der Waals surface area (Å²) in [4.78, 5) is 0. The van der Waals surface area contributed by atoms with E-state index in [0.717, 1.165) is 5.56 Å². The first-order valence-electron chi connectivity index (χ1n) is 6.95. The molecule has 22 heavy (non-hydrogen) atoms. The number of benzene rings is 1. The highest BCUT2D eigenvalue weighted by Crippen LogP contribution is 2.23. The Balaban J connectivity index is 1.72. The number of sulfonamides is 1. The lowest BCUT2D eigenvalue weighted by Gasteiger charge is -2.31. The molecule has 0 N–H and O–H groups in total. The molecule has 2 heterocycles. The Morgan fingerprint density at radius 2 is 2.18 bits per heavy atom. The second-order valence-corrected chi connectivity index (χ2v) is 8.23. The summed E-state index contributed by atoms with van der Waals surface area (Å²) in [6.07, 6.45) is 0.235. The zero-order valence-corrected chi connectivity index (χ0v) is 13.4. The number of morpholine rings is 1. The zero-order chi connectivity index (χ0) is 15.6. The van der Waals surface area contributed by atoms with E-state index in [4.69, 9.17) is 4.74 Å². The lowest BCUT2D eigenvalue weighted by molar-refractivity contribution is -0.000467. The predicted octanol–water partition coefficient (Wildman–Crippen LogP) is 2.52. The number of thiophene rings is 1. The maximum absolute atomic E-state index is 13.2. The number of hydrogen-bond acceptors (Lipinski definition) is 4. The first-order chi connectivity index (χ1) is 10.6. The van der Waals surface area contributed by atoms with Crippen molar-refractivity contribution in [2.24, 2.45) is 0 Å². The van der Waals surface area contributed by atoms with Crippen LogP contribution >= 0.6 is 11.3 Å². The van der Waals surface area contributed by atoms with Crippen molar-refractivity contribution in [3.8, 4) is 0 Å². The molecular weight excluding hydrogens is 325 g/mol. The minimum atomic E-state index is -3.45. The molecule has 1 aliphatic heterocycles. The minimum Gasteiger partial charge on any atom is -0.375 e. The maximum atomic E-state index is 13.2. The second-order valence-electron chi connectivity index (χ2n) is 5.12. The SMILES string of the molecule is O=S(=O)(c1cccs1)N1CCO[C@@H](Cc2cccc(F)c2)C1. The standard InChI is InChI=1S/C15H16FNO3S2/c16-13-4-1-3-12(9-13)10-14-11-17(6-7-20-14)22(18,19)15-5-2-8-21-15/h1-5,8-9,14H,6-7,10-11H2/t14-/m0/s1. The van der Waals surface area contributed by atoms with Gasteiger partial charge in [0, 0.05) is 19.5 Å². The van der Waals surface area contributed by atoms with Gasteiger partial charge >= 0.3 is 0 Å². The van der Waals surface area contributed by atoms with Crippen molar-refractivity contribution in [1.29, 1.82) is 0 Å². The van der Waals surface area contributed by atoms with Crippen LogP contribution in [0.5, 0.6) is 0 Å². The number of hydrogen-bond donors (Lipinski definition) is 0. The van der Waals surface area contributed by atoms with Crippen LogP contribution in [-0.4, -0.2) is 38.5 Å². The van der Waals surface area contributed by atoms with E-state index in [2.05, 4.69) is 0 Å². The van der Waals surface area contributed by atoms with E-state index in [1.165, 1.54) is 27.8 Å². The third-order valence-corrected chi connectivity index (χ3v) is 6.78. The van der Waals surface area contributed by atoms with E-state index < -0.39 is 10.0 Å². The smallest absolute Gasteiger partial charge is 0.252 e. The van der Waals surface area contributed by atoms with Crippen LogP contribution in [0.1, 0.15) is 5.56 Å². The fourth-order valence-corrected chi connectivity index (χ4v) is 5.10. The van der Waals surface area contributed by atoms with Gasteiger partial charge in [-0.2, -0.15) is 4.31 Å². The van der Waals surface area contributed by atoms with Crippen LogP contribution in [0.3, 0.4) is 0 Å². The molecule has 0 spiro atoms. The summed E-state index contributed by atoms with van der Waals surface area (Å²) in [6.45, 7) is 0.987. The zero-order valence-electron chi connectivity index (χ0n) is 11.8. The Morgan fingerprint density at radius 3 is 2.91 bits per heavy atom. The molecular formula is C15H16FNO3S2. The quantitative estimate of drug-likeness (QED) is 0.858. The Morgan fingerprint density at radius 1 is 1.32 bits per heavy atom. The van der Waals surface area contributed by atoms with Gasteiger partial charge in [-0.25, -0.2) is 12.8 Å². The van der Waals surface area contributed by atoms with Gasteiger partial charge < -0.3 is 4.74 Å². The average Bonchev–Trinajstić information content (AvgIpc) is 3.02. The van der Waals surface area contributed by atoms with Crippen molar-refractivity contribution < 1.29 is 17.5 Å². The molecule has 7 heteroatoms. The van der Waals surface area contributed by atoms with Gasteiger partial charge in [-0.3, -0.25) is 0 Å². The monoisotopic (exact) mass is 341 g/mol. The van der Waals surface area contributed by atoms with Gasteiger partial charge in [0.2, 0.25) is 0 Å². The predicted molar refractivity (Wildman–Crippen MR) is 82.9 cm³/mol. The summed E-state index contributed by atoms with van der Waals surface area (Å²) in [5.41, 5.74) is 0.806. The van der Waals surface area contributed by atoms with Crippen LogP contribution in [-0.2, 0) is 21.2 Å². The first-order valence-corrected chi connectivity index (χ1v) is 9.27. The summed E-state index contributed by atoms with van der Waals surface area (Å²) < 4.78 is 45.7. The molecule has 0 saturated carbocycles. The Labute approximate surface area is 133 Å². The minimum absolute atomic E-state index is 0.259. The molecule has 4 nitrogen and oxygen atoms in total. The Hall–Kier alpha value is -1.28. The number of halogens is 1. The number of rotatable bonds is 4. The fraction of sp³-hybridized carbons (Fsp3) is 0.333. The second kappa shape index (κ2) is 6.45. The van der Waals surface area contributed by atoms with Crippen LogP contribution in [0.25, 0.3) is 0 Å². The topological polar surface area (TPSA) is 46.6 Å². The molecule has 1 atom stereocenters. The molecule has 0 bridgehead atoms. The van der Waals surface area contributed by atoms with Crippen molar-refractivity contribution in [1.82, 2.24) is 4.31 Å². The maximum Gasteiger partial charge on any atom is 0.252 e. The van der Waals surface area contributed by atoms with Crippen LogP contribution < -0.4 is 0 Å². The number of ether oxygens (including phenoxy) is 1. The lowest BCUT2D eigenvalue weighted by atomic mass is 10.1. The van der Waals surface area contributed by atoms with Gasteiger partial charge in [0.25, 0.3) is 10.0 Å². The fourth-order valence-electron chi connectivity index (χ4n) is 2.50. The molecule has 1 saturated heterocycles. The third kappa shape index (κ3) is 3.38. The van der Waals surface area contributed by atoms with Crippen molar-refractivity contribution in [3.05, 3.63) is 53.2 Å². The van der Waals surface area contributed by atoms with E-state index >= 15 is 0 Å². The van der Waals surface area contributed by atoms with Gasteiger partial charge in [-0.05, 0) is 29.1 Å². The number of nitrogens with zero attached hydrogens (tertiary/aromatic N) is 1.